The van der Waals surface area contributed by atoms with E-state index in [9.17, 15) is 0 Å². The molecule has 1 aromatic carbocycles. The number of fused-ring (bicyclic) bond motifs is 1. The predicted octanol–water partition coefficient (Wildman–Crippen LogP) is 3.15. The molecule has 2 heteroatoms. The van der Waals surface area contributed by atoms with Crippen molar-refractivity contribution in [3.8, 4) is 0 Å². The molecule has 0 spiro atoms. The molecule has 1 N–H and O–H groups in total. The van der Waals surface area contributed by atoms with Gasteiger partial charge in [-0.1, -0.05) is 38.1 Å². The fraction of sp³-hybridized carbons (Fsp3) is 0.357. The summed E-state index contributed by atoms with van der Waals surface area (Å²) >= 11 is 0. The fourth-order valence-electron chi connectivity index (χ4n) is 2.23. The van der Waals surface area contributed by atoms with Crippen LogP contribution in [0.1, 0.15) is 25.5 Å². The van der Waals surface area contributed by atoms with Gasteiger partial charge in [-0.25, -0.2) is 0 Å². The van der Waals surface area contributed by atoms with Crippen molar-refractivity contribution in [1.82, 2.24) is 10.3 Å². The molecule has 0 saturated carbocycles. The number of para-hydroxylation sites is 1. The van der Waals surface area contributed by atoms with Gasteiger partial charge in [-0.15, -0.1) is 0 Å². The minimum atomic E-state index is 0.360. The molecule has 0 saturated heterocycles. The Kier molecular flexibility index (Phi) is 3.20. The van der Waals surface area contributed by atoms with Gasteiger partial charge in [0.05, 0.1) is 5.52 Å². The van der Waals surface area contributed by atoms with Crippen LogP contribution in [0.15, 0.2) is 36.5 Å². The smallest absolute Gasteiger partial charge is 0.0749 e. The Bertz CT molecular complexity index is 472. The molecule has 1 unspecified atom stereocenters. The lowest BCUT2D eigenvalue weighted by Crippen LogP contribution is -2.22. The number of nitrogens with one attached hydrogen (secondary N) is 1. The molecule has 0 amide bonds. The third-order valence-electron chi connectivity index (χ3n) is 2.98. The molecular weight excluding hydrogens is 196 g/mol. The first-order chi connectivity index (χ1) is 7.74. The molecule has 0 radical (unpaired) electrons. The highest BCUT2D eigenvalue weighted by Gasteiger charge is 2.16. The Labute approximate surface area is 96.7 Å². The zero-order valence-electron chi connectivity index (χ0n) is 10.1. The molecule has 2 nitrogen and oxygen atoms in total. The maximum atomic E-state index is 4.49. The third kappa shape index (κ3) is 1.93. The van der Waals surface area contributed by atoms with Gasteiger partial charge >= 0.3 is 0 Å². The van der Waals surface area contributed by atoms with Crippen LogP contribution in [0.5, 0.6) is 0 Å². The zero-order chi connectivity index (χ0) is 11.5. The lowest BCUT2D eigenvalue weighted by molar-refractivity contribution is 0.445. The van der Waals surface area contributed by atoms with Crippen LogP contribution in [0.4, 0.5) is 0 Å². The summed E-state index contributed by atoms with van der Waals surface area (Å²) in [6, 6.07) is 10.8. The quantitative estimate of drug-likeness (QED) is 0.849. The molecule has 1 atom stereocenters. The number of benzene rings is 1. The van der Waals surface area contributed by atoms with Crippen molar-refractivity contribution in [3.63, 3.8) is 0 Å². The van der Waals surface area contributed by atoms with E-state index in [1.807, 2.05) is 19.3 Å². The van der Waals surface area contributed by atoms with Gasteiger partial charge in [-0.3, -0.25) is 4.98 Å². The van der Waals surface area contributed by atoms with Gasteiger partial charge in [0.1, 0.15) is 0 Å². The van der Waals surface area contributed by atoms with E-state index in [0.717, 1.165) is 5.52 Å². The summed E-state index contributed by atoms with van der Waals surface area (Å²) in [6.45, 7) is 4.45. The summed E-state index contributed by atoms with van der Waals surface area (Å²) in [5.74, 6) is 0.553. The van der Waals surface area contributed by atoms with Crippen molar-refractivity contribution in [2.45, 2.75) is 19.9 Å². The number of rotatable bonds is 3. The van der Waals surface area contributed by atoms with Crippen LogP contribution in [0.25, 0.3) is 10.9 Å². The second-order valence-corrected chi connectivity index (χ2v) is 4.43. The van der Waals surface area contributed by atoms with E-state index in [4.69, 9.17) is 0 Å². The van der Waals surface area contributed by atoms with Crippen molar-refractivity contribution in [3.05, 3.63) is 42.1 Å². The van der Waals surface area contributed by atoms with E-state index < -0.39 is 0 Å². The summed E-state index contributed by atoms with van der Waals surface area (Å²) < 4.78 is 0. The number of pyridine rings is 1. The highest BCUT2D eigenvalue weighted by Crippen LogP contribution is 2.26. The standard InChI is InChI=1S/C14H18N2/c1-10(2)13(15-3)12-8-4-6-11-7-5-9-16-14(11)12/h4-10,13,15H,1-3H3. The van der Waals surface area contributed by atoms with Crippen molar-refractivity contribution in [2.75, 3.05) is 7.05 Å². The van der Waals surface area contributed by atoms with E-state index in [1.54, 1.807) is 0 Å². The SMILES string of the molecule is CNC(c1cccc2cccnc12)C(C)C. The van der Waals surface area contributed by atoms with Gasteiger partial charge in [0, 0.05) is 17.6 Å². The molecule has 0 aliphatic heterocycles. The number of aromatic nitrogens is 1. The Hall–Kier alpha value is -1.41. The first-order valence-corrected chi connectivity index (χ1v) is 5.75. The van der Waals surface area contributed by atoms with Gasteiger partial charge in [0.15, 0.2) is 0 Å². The highest BCUT2D eigenvalue weighted by atomic mass is 14.9. The predicted molar refractivity (Wildman–Crippen MR) is 68.4 cm³/mol. The van der Waals surface area contributed by atoms with E-state index in [-0.39, 0.29) is 0 Å². The highest BCUT2D eigenvalue weighted by molar-refractivity contribution is 5.82. The maximum Gasteiger partial charge on any atom is 0.0749 e. The average Bonchev–Trinajstić information content (AvgIpc) is 2.30. The van der Waals surface area contributed by atoms with Crippen molar-refractivity contribution >= 4 is 10.9 Å². The monoisotopic (exact) mass is 214 g/mol. The van der Waals surface area contributed by atoms with Crippen molar-refractivity contribution in [1.29, 1.82) is 0 Å². The molecular formula is C14H18N2. The zero-order valence-corrected chi connectivity index (χ0v) is 10.1. The number of nitrogens with zero attached hydrogens (tertiary/aromatic N) is 1. The molecule has 16 heavy (non-hydrogen) atoms. The fourth-order valence-corrected chi connectivity index (χ4v) is 2.23. The molecule has 0 bridgehead atoms. The first-order valence-electron chi connectivity index (χ1n) is 5.75. The summed E-state index contributed by atoms with van der Waals surface area (Å²) in [5, 5.41) is 4.58. The first kappa shape index (κ1) is 11.1. The number of hydrogen-bond acceptors (Lipinski definition) is 2. The molecule has 0 aliphatic rings. The summed E-state index contributed by atoms with van der Waals surface area (Å²) in [7, 11) is 2.01. The topological polar surface area (TPSA) is 24.9 Å². The van der Waals surface area contributed by atoms with Crippen LogP contribution >= 0.6 is 0 Å². The molecule has 2 rings (SSSR count). The minimum absolute atomic E-state index is 0.360. The van der Waals surface area contributed by atoms with Crippen LogP contribution in [-0.2, 0) is 0 Å². The molecule has 84 valence electrons. The molecule has 1 heterocycles. The second kappa shape index (κ2) is 4.62. The summed E-state index contributed by atoms with van der Waals surface area (Å²) in [5.41, 5.74) is 2.40. The van der Waals surface area contributed by atoms with Crippen LogP contribution < -0.4 is 5.32 Å². The van der Waals surface area contributed by atoms with Gasteiger partial charge in [0.2, 0.25) is 0 Å². The minimum Gasteiger partial charge on any atom is -0.313 e. The van der Waals surface area contributed by atoms with Gasteiger partial charge in [-0.05, 0) is 24.6 Å². The van der Waals surface area contributed by atoms with Crippen molar-refractivity contribution in [2.24, 2.45) is 5.92 Å². The van der Waals surface area contributed by atoms with Gasteiger partial charge in [-0.2, -0.15) is 0 Å². The van der Waals surface area contributed by atoms with E-state index in [0.29, 0.717) is 12.0 Å². The second-order valence-electron chi connectivity index (χ2n) is 4.43. The Morgan fingerprint density at radius 1 is 1.12 bits per heavy atom. The molecule has 0 aliphatic carbocycles. The average molecular weight is 214 g/mol. The molecule has 1 aromatic heterocycles. The summed E-state index contributed by atoms with van der Waals surface area (Å²) in [6.07, 6.45) is 1.86. The van der Waals surface area contributed by atoms with Crippen molar-refractivity contribution < 1.29 is 0 Å². The van der Waals surface area contributed by atoms with Crippen LogP contribution in [0, 0.1) is 5.92 Å². The number of hydrogen-bond donors (Lipinski definition) is 1. The van der Waals surface area contributed by atoms with Gasteiger partial charge in [0.25, 0.3) is 0 Å². The van der Waals surface area contributed by atoms with E-state index in [2.05, 4.69) is 48.4 Å². The van der Waals surface area contributed by atoms with Gasteiger partial charge < -0.3 is 5.32 Å². The molecule has 2 aromatic rings. The van der Waals surface area contributed by atoms with Crippen LogP contribution in [0.2, 0.25) is 0 Å². The Balaban J connectivity index is 2.59. The summed E-state index contributed by atoms with van der Waals surface area (Å²) in [4.78, 5) is 4.49. The van der Waals surface area contributed by atoms with E-state index >= 15 is 0 Å². The Morgan fingerprint density at radius 2 is 1.88 bits per heavy atom. The normalized spacial score (nSPS) is 13.2. The van der Waals surface area contributed by atoms with Crippen LogP contribution in [0.3, 0.4) is 0 Å². The molecule has 0 fully saturated rings. The Morgan fingerprint density at radius 3 is 2.56 bits per heavy atom. The third-order valence-corrected chi connectivity index (χ3v) is 2.98. The lowest BCUT2D eigenvalue weighted by atomic mass is 9.94. The maximum absolute atomic E-state index is 4.49. The van der Waals surface area contributed by atoms with E-state index in [1.165, 1.54) is 10.9 Å². The van der Waals surface area contributed by atoms with Crippen LogP contribution in [-0.4, -0.2) is 12.0 Å². The largest absolute Gasteiger partial charge is 0.313 e. The lowest BCUT2D eigenvalue weighted by Gasteiger charge is -2.21.